The Morgan fingerprint density at radius 1 is 0.417 bits per heavy atom. The van der Waals surface area contributed by atoms with E-state index in [9.17, 15) is 4.79 Å². The molecule has 2 aliphatic heterocycles. The fourth-order valence-corrected chi connectivity index (χ4v) is 9.92. The molecule has 3 aromatic heterocycles. The topological polar surface area (TPSA) is 100 Å². The van der Waals surface area contributed by atoms with Crippen LogP contribution in [0.25, 0.3) is 90.9 Å². The summed E-state index contributed by atoms with van der Waals surface area (Å²) in [6, 6.07) is 29.6. The minimum absolute atomic E-state index is 0.424. The minimum Gasteiger partial charge on any atom is -0.366 e. The molecule has 4 aromatic carbocycles. The number of nitrogens with two attached hydrogens (primary N) is 1. The molecule has 0 unspecified atom stereocenters. The van der Waals surface area contributed by atoms with Gasteiger partial charge in [0.15, 0.2) is 0 Å². The van der Waals surface area contributed by atoms with Crippen LogP contribution in [0, 0.1) is 62.3 Å². The number of nitrogens with one attached hydrogen (secondary N) is 2. The lowest BCUT2D eigenvalue weighted by molar-refractivity contribution is 0.100. The molecule has 7 aromatic rings. The molecule has 6 nitrogen and oxygen atoms in total. The summed E-state index contributed by atoms with van der Waals surface area (Å²) in [5.41, 5.74) is 32.0. The molecule has 0 aliphatic carbocycles. The Morgan fingerprint density at radius 2 is 0.717 bits per heavy atom. The van der Waals surface area contributed by atoms with Crippen LogP contribution in [0.3, 0.4) is 0 Å². The Bertz CT molecular complexity index is 3100. The summed E-state index contributed by atoms with van der Waals surface area (Å²) in [5.74, 6) is -0.501. The number of primary amides is 1. The molecule has 2 aliphatic rings. The summed E-state index contributed by atoms with van der Waals surface area (Å²) in [6.07, 6.45) is 8.47. The molecular formula is C54H49N5O. The molecule has 6 heteroatoms. The molecule has 0 saturated heterocycles. The molecule has 4 N–H and O–H groups in total. The molecular weight excluding hydrogens is 735 g/mol. The van der Waals surface area contributed by atoms with Crippen molar-refractivity contribution >= 4 is 52.3 Å². The molecule has 5 heterocycles. The van der Waals surface area contributed by atoms with Crippen molar-refractivity contribution in [1.82, 2.24) is 19.9 Å². The molecule has 296 valence electrons. The van der Waals surface area contributed by atoms with Gasteiger partial charge in [-0.1, -0.05) is 71.3 Å². The number of aryl methyl sites for hydroxylation is 9. The average Bonchev–Trinajstić information content (AvgIpc) is 4.02. The minimum atomic E-state index is -0.501. The third kappa shape index (κ3) is 6.49. The Morgan fingerprint density at radius 3 is 1.05 bits per heavy atom. The average molecular weight is 784 g/mol. The van der Waals surface area contributed by atoms with Gasteiger partial charge in [-0.25, -0.2) is 9.97 Å². The maximum Gasteiger partial charge on any atom is 0.249 e. The molecule has 60 heavy (non-hydrogen) atoms. The van der Waals surface area contributed by atoms with Crippen LogP contribution < -0.4 is 5.73 Å². The van der Waals surface area contributed by atoms with Gasteiger partial charge in [0.25, 0.3) is 0 Å². The molecule has 0 atom stereocenters. The van der Waals surface area contributed by atoms with Crippen LogP contribution in [0.4, 0.5) is 0 Å². The smallest absolute Gasteiger partial charge is 0.249 e. The van der Waals surface area contributed by atoms with E-state index in [-0.39, 0.29) is 0 Å². The standard InChI is InChI=1S/C54H49N5O/c1-28-22-31(4)47(32(5)23-28)51-41-16-14-39(56-41)50(37-12-10-11-13-38(37)54(55)60)40-15-17-42(57-40)52(48-33(6)24-29(2)25-34(48)7)44-19-21-46(59-44)53(45-20-18-43(51)58-45)49-35(8)26-30(3)27-36(49)9/h10-27,56,59H,1-9H3,(H2,55,60). The molecule has 0 radical (unpaired) electrons. The summed E-state index contributed by atoms with van der Waals surface area (Å²) in [5, 5.41) is 0. The Hall–Kier alpha value is -7.05. The van der Waals surface area contributed by atoms with Crippen LogP contribution in [-0.4, -0.2) is 25.8 Å². The second-order valence-electron chi connectivity index (χ2n) is 16.7. The SMILES string of the molecule is Cc1cc(C)c(-c2c3nc(c(-c4c(C)cc(C)cc4C)c4ccc([nH]4)c(-c4c(C)cc(C)cc4C)c4nc(c(-c5ccccc5C(N)=O)c5ccc2[nH]5)C=C4)C=C3)c(C)c1. The number of aromatic nitrogens is 4. The third-order valence-electron chi connectivity index (χ3n) is 12.0. The van der Waals surface area contributed by atoms with E-state index < -0.39 is 5.91 Å². The highest BCUT2D eigenvalue weighted by Crippen LogP contribution is 2.42. The van der Waals surface area contributed by atoms with E-state index in [1.54, 1.807) is 6.07 Å². The van der Waals surface area contributed by atoms with E-state index >= 15 is 0 Å². The zero-order valence-corrected chi connectivity index (χ0v) is 35.8. The number of H-pyrrole nitrogens is 2. The van der Waals surface area contributed by atoms with Gasteiger partial charge in [-0.15, -0.1) is 0 Å². The van der Waals surface area contributed by atoms with Gasteiger partial charge in [0.1, 0.15) is 0 Å². The van der Waals surface area contributed by atoms with Gasteiger partial charge in [0.05, 0.1) is 22.8 Å². The highest BCUT2D eigenvalue weighted by atomic mass is 16.1. The predicted octanol–water partition coefficient (Wildman–Crippen LogP) is 13.2. The van der Waals surface area contributed by atoms with Crippen molar-refractivity contribution in [3.05, 3.63) is 163 Å². The third-order valence-corrected chi connectivity index (χ3v) is 12.0. The quantitative estimate of drug-likeness (QED) is 0.162. The highest BCUT2D eigenvalue weighted by molar-refractivity contribution is 6.06. The number of benzene rings is 4. The van der Waals surface area contributed by atoms with Crippen LogP contribution in [0.15, 0.2) is 84.9 Å². The van der Waals surface area contributed by atoms with Crippen LogP contribution in [-0.2, 0) is 0 Å². The van der Waals surface area contributed by atoms with Crippen molar-refractivity contribution in [1.29, 1.82) is 0 Å². The molecule has 1 amide bonds. The highest BCUT2D eigenvalue weighted by Gasteiger charge is 2.23. The van der Waals surface area contributed by atoms with Gasteiger partial charge in [-0.2, -0.15) is 0 Å². The lowest BCUT2D eigenvalue weighted by Gasteiger charge is -2.14. The largest absolute Gasteiger partial charge is 0.366 e. The first-order valence-electron chi connectivity index (χ1n) is 20.6. The van der Waals surface area contributed by atoms with Gasteiger partial charge in [0, 0.05) is 49.9 Å². The molecule has 8 bridgehead atoms. The van der Waals surface area contributed by atoms with E-state index in [0.29, 0.717) is 11.1 Å². The predicted molar refractivity (Wildman–Crippen MR) is 252 cm³/mol. The van der Waals surface area contributed by atoms with Crippen molar-refractivity contribution in [2.24, 2.45) is 5.73 Å². The van der Waals surface area contributed by atoms with Crippen molar-refractivity contribution < 1.29 is 4.79 Å². The Labute approximate surface area is 351 Å². The first-order chi connectivity index (χ1) is 28.8. The molecule has 0 saturated carbocycles. The lowest BCUT2D eigenvalue weighted by atomic mass is 9.92. The van der Waals surface area contributed by atoms with Gasteiger partial charge in [-0.05, 0) is 173 Å². The lowest BCUT2D eigenvalue weighted by Crippen LogP contribution is -2.12. The summed E-state index contributed by atoms with van der Waals surface area (Å²) < 4.78 is 0. The Kier molecular flexibility index (Phi) is 9.39. The summed E-state index contributed by atoms with van der Waals surface area (Å²) >= 11 is 0. The van der Waals surface area contributed by atoms with Gasteiger partial charge in [0.2, 0.25) is 5.91 Å². The molecule has 0 spiro atoms. The van der Waals surface area contributed by atoms with E-state index in [4.69, 9.17) is 15.7 Å². The maximum atomic E-state index is 13.1. The van der Waals surface area contributed by atoms with Gasteiger partial charge >= 0.3 is 0 Å². The van der Waals surface area contributed by atoms with Crippen molar-refractivity contribution in [3.63, 3.8) is 0 Å². The van der Waals surface area contributed by atoms with Crippen LogP contribution >= 0.6 is 0 Å². The Balaban J connectivity index is 1.54. The monoisotopic (exact) mass is 783 g/mol. The first kappa shape index (κ1) is 38.5. The van der Waals surface area contributed by atoms with Crippen molar-refractivity contribution in [2.75, 3.05) is 0 Å². The number of aromatic amines is 2. The van der Waals surface area contributed by atoms with Crippen molar-refractivity contribution in [2.45, 2.75) is 62.3 Å². The maximum absolute atomic E-state index is 13.1. The summed E-state index contributed by atoms with van der Waals surface area (Å²) in [4.78, 5) is 31.9. The number of carbonyl (C=O) groups is 1. The second kappa shape index (κ2) is 14.6. The van der Waals surface area contributed by atoms with Crippen LogP contribution in [0.2, 0.25) is 0 Å². The number of carbonyl (C=O) groups excluding carboxylic acids is 1. The molecule has 9 rings (SSSR count). The number of fused-ring (bicyclic) bond motifs is 8. The zero-order chi connectivity index (χ0) is 42.1. The summed E-state index contributed by atoms with van der Waals surface area (Å²) in [6.45, 7) is 19.5. The number of hydrogen-bond donors (Lipinski definition) is 3. The number of amides is 1. The van der Waals surface area contributed by atoms with Crippen LogP contribution in [0.5, 0.6) is 0 Å². The number of nitrogens with zero attached hydrogens (tertiary/aromatic N) is 2. The number of rotatable bonds is 5. The van der Waals surface area contributed by atoms with E-state index in [1.165, 1.54) is 27.8 Å². The fourth-order valence-electron chi connectivity index (χ4n) is 9.92. The van der Waals surface area contributed by atoms with E-state index in [1.807, 2.05) is 18.2 Å². The second-order valence-corrected chi connectivity index (χ2v) is 16.7. The van der Waals surface area contributed by atoms with Gasteiger partial charge < -0.3 is 15.7 Å². The van der Waals surface area contributed by atoms with E-state index in [2.05, 4.69) is 157 Å². The first-order valence-corrected chi connectivity index (χ1v) is 20.6. The zero-order valence-electron chi connectivity index (χ0n) is 35.8. The normalized spacial score (nSPS) is 12.1. The van der Waals surface area contributed by atoms with Crippen LogP contribution in [0.1, 0.15) is 83.2 Å². The fraction of sp³-hybridized carbons (Fsp3) is 0.167. The number of hydrogen-bond acceptors (Lipinski definition) is 3. The molecule has 0 fully saturated rings. The van der Waals surface area contributed by atoms with Gasteiger partial charge in [-0.3, -0.25) is 4.79 Å². The van der Waals surface area contributed by atoms with Crippen molar-refractivity contribution in [3.8, 4) is 44.5 Å². The van der Waals surface area contributed by atoms with E-state index in [0.717, 1.165) is 106 Å². The summed E-state index contributed by atoms with van der Waals surface area (Å²) in [7, 11) is 0.